The number of nitrogens with one attached hydrogen (secondary N) is 1. The van der Waals surface area contributed by atoms with Gasteiger partial charge in [-0.25, -0.2) is 13.2 Å². The first-order chi connectivity index (χ1) is 15.4. The van der Waals surface area contributed by atoms with E-state index in [0.29, 0.717) is 17.4 Å². The van der Waals surface area contributed by atoms with Gasteiger partial charge in [-0.05, 0) is 24.3 Å². The summed E-state index contributed by atoms with van der Waals surface area (Å²) in [7, 11) is 1.43. The third kappa shape index (κ3) is 4.80. The van der Waals surface area contributed by atoms with E-state index in [0.717, 1.165) is 16.7 Å². The van der Waals surface area contributed by atoms with Crippen LogP contribution >= 0.6 is 11.3 Å². The van der Waals surface area contributed by atoms with Crippen molar-refractivity contribution >= 4 is 28.9 Å². The van der Waals surface area contributed by atoms with Gasteiger partial charge in [0.2, 0.25) is 0 Å². The van der Waals surface area contributed by atoms with Gasteiger partial charge < -0.3 is 10.1 Å². The lowest BCUT2D eigenvalue weighted by atomic mass is 10.2. The zero-order valence-corrected chi connectivity index (χ0v) is 17.5. The predicted octanol–water partition coefficient (Wildman–Crippen LogP) is 1.58. The van der Waals surface area contributed by atoms with Crippen LogP contribution in [0.1, 0.15) is 5.56 Å². The molecule has 3 rings (SSSR count). The Morgan fingerprint density at radius 3 is 2.62 bits per heavy atom. The largest absolute Gasteiger partial charge is 0.383 e. The molecule has 164 valence electrons. The fraction of sp³-hybridized carbons (Fsp3) is 0.136. The normalized spacial score (nSPS) is 12.4. The third-order valence-corrected chi connectivity index (χ3v) is 5.40. The molecule has 0 atom stereocenters. The fourth-order valence-electron chi connectivity index (χ4n) is 2.82. The smallest absolute Gasteiger partial charge is 0.273 e. The number of carbonyl (C=O) groups is 1. The van der Waals surface area contributed by atoms with Crippen molar-refractivity contribution in [3.05, 3.63) is 85.0 Å². The predicted molar refractivity (Wildman–Crippen MR) is 113 cm³/mol. The third-order valence-electron chi connectivity index (χ3n) is 4.31. The van der Waals surface area contributed by atoms with E-state index < -0.39 is 34.5 Å². The lowest BCUT2D eigenvalue weighted by Gasteiger charge is -2.06. The molecule has 1 aromatic heterocycles. The van der Waals surface area contributed by atoms with Gasteiger partial charge in [0.05, 0.1) is 16.8 Å². The summed E-state index contributed by atoms with van der Waals surface area (Å²) in [6.07, 6.45) is 1.24. The Labute approximate surface area is 184 Å². The van der Waals surface area contributed by atoms with Crippen LogP contribution in [0, 0.1) is 28.8 Å². The minimum Gasteiger partial charge on any atom is -0.383 e. The molecule has 0 bridgehead atoms. The maximum Gasteiger partial charge on any atom is 0.273 e. The molecular weight excluding hydrogens is 443 g/mol. The van der Waals surface area contributed by atoms with Crippen molar-refractivity contribution in [1.82, 2.24) is 9.88 Å². The molecule has 0 saturated carbocycles. The minimum absolute atomic E-state index is 0.0498. The number of nitriles is 1. The van der Waals surface area contributed by atoms with E-state index in [1.165, 1.54) is 31.4 Å². The number of aromatic nitrogens is 1. The summed E-state index contributed by atoms with van der Waals surface area (Å²) in [5, 5.41) is 12.1. The Kier molecular flexibility index (Phi) is 7.25. The number of halogens is 3. The second-order valence-electron chi connectivity index (χ2n) is 6.41. The molecule has 10 heteroatoms. The molecule has 32 heavy (non-hydrogen) atoms. The maximum atomic E-state index is 14.5. The van der Waals surface area contributed by atoms with Crippen LogP contribution < -0.4 is 20.1 Å². The van der Waals surface area contributed by atoms with Gasteiger partial charge in [0.15, 0.2) is 5.57 Å². The van der Waals surface area contributed by atoms with Crippen molar-refractivity contribution in [2.45, 2.75) is 0 Å². The van der Waals surface area contributed by atoms with Gasteiger partial charge in [0.1, 0.15) is 28.2 Å². The van der Waals surface area contributed by atoms with E-state index >= 15 is 0 Å². The average molecular weight is 459 g/mol. The fourth-order valence-corrected chi connectivity index (χ4v) is 3.90. The molecule has 3 aromatic rings. The molecule has 0 aliphatic carbocycles. The molecule has 6 nitrogen and oxygen atoms in total. The molecule has 0 unspecified atom stereocenters. The van der Waals surface area contributed by atoms with E-state index in [1.54, 1.807) is 12.1 Å². The second kappa shape index (κ2) is 10.1. The Hall–Kier alpha value is -3.68. The monoisotopic (exact) mass is 459 g/mol. The van der Waals surface area contributed by atoms with Crippen LogP contribution in [-0.4, -0.2) is 30.7 Å². The van der Waals surface area contributed by atoms with E-state index in [-0.39, 0.29) is 33.6 Å². The molecule has 0 radical (unpaired) electrons. The number of carbonyl (C=O) groups excluding carboxylic acids is 1. The molecule has 2 aromatic carbocycles. The number of amides is 1. The molecule has 0 spiro atoms. The molecule has 0 fully saturated rings. The first-order valence-corrected chi connectivity index (χ1v) is 10.0. The zero-order chi connectivity index (χ0) is 23.3. The first-order valence-electron chi connectivity index (χ1n) is 9.22. The van der Waals surface area contributed by atoms with Crippen molar-refractivity contribution in [3.63, 3.8) is 0 Å². The van der Waals surface area contributed by atoms with E-state index in [1.807, 2.05) is 0 Å². The number of thiazole rings is 1. The average Bonchev–Trinajstić information content (AvgIpc) is 3.06. The number of methoxy groups -OCH3 is 1. The maximum absolute atomic E-state index is 14.5. The van der Waals surface area contributed by atoms with Gasteiger partial charge in [-0.3, -0.25) is 14.2 Å². The van der Waals surface area contributed by atoms with Gasteiger partial charge in [0.25, 0.3) is 11.5 Å². The molecular formula is C22H16F3N3O3S. The summed E-state index contributed by atoms with van der Waals surface area (Å²) >= 11 is 0.714. The molecule has 0 aliphatic heterocycles. The summed E-state index contributed by atoms with van der Waals surface area (Å²) in [5.74, 6) is -3.33. The topological polar surface area (TPSA) is 84.1 Å². The van der Waals surface area contributed by atoms with Gasteiger partial charge >= 0.3 is 0 Å². The summed E-state index contributed by atoms with van der Waals surface area (Å²) in [6.45, 7) is 0.274. The Balaban J connectivity index is 2.35. The SMILES string of the molecule is COCCNC(=O)/C(C#N)=c1\s/c(=C\c2ccccc2F)c(=O)n1-c1ccc(F)cc1F. The number of nitrogens with zero attached hydrogens (tertiary/aromatic N) is 2. The highest BCUT2D eigenvalue weighted by Gasteiger charge is 2.19. The van der Waals surface area contributed by atoms with Crippen LogP contribution in [0.4, 0.5) is 13.2 Å². The molecule has 1 amide bonds. The van der Waals surface area contributed by atoms with Crippen molar-refractivity contribution in [3.8, 4) is 11.8 Å². The minimum atomic E-state index is -1.07. The number of hydrogen-bond acceptors (Lipinski definition) is 5. The lowest BCUT2D eigenvalue weighted by molar-refractivity contribution is -0.115. The Morgan fingerprint density at radius 2 is 1.97 bits per heavy atom. The molecule has 0 saturated heterocycles. The van der Waals surface area contributed by atoms with Gasteiger partial charge in [-0.2, -0.15) is 5.26 Å². The van der Waals surface area contributed by atoms with Crippen molar-refractivity contribution in [1.29, 1.82) is 5.26 Å². The molecule has 1 heterocycles. The van der Waals surface area contributed by atoms with Gasteiger partial charge in [0, 0.05) is 25.3 Å². The van der Waals surface area contributed by atoms with Crippen molar-refractivity contribution in [2.75, 3.05) is 20.3 Å². The molecule has 1 N–H and O–H groups in total. The second-order valence-corrected chi connectivity index (χ2v) is 7.44. The highest BCUT2D eigenvalue weighted by Crippen LogP contribution is 2.12. The van der Waals surface area contributed by atoms with Crippen LogP contribution in [0.25, 0.3) is 17.3 Å². The van der Waals surface area contributed by atoms with E-state index in [2.05, 4.69) is 5.32 Å². The van der Waals surface area contributed by atoms with E-state index in [9.17, 15) is 28.0 Å². The number of ether oxygens (including phenoxy) is 1. The van der Waals surface area contributed by atoms with Crippen LogP contribution in [-0.2, 0) is 9.53 Å². The highest BCUT2D eigenvalue weighted by atomic mass is 32.1. The van der Waals surface area contributed by atoms with Crippen molar-refractivity contribution < 1.29 is 22.7 Å². The summed E-state index contributed by atoms with van der Waals surface area (Å²) in [6, 6.07) is 9.95. The quantitative estimate of drug-likeness (QED) is 0.568. The first kappa shape index (κ1) is 23.0. The Morgan fingerprint density at radius 1 is 1.22 bits per heavy atom. The summed E-state index contributed by atoms with van der Waals surface area (Å²) in [4.78, 5) is 25.7. The highest BCUT2D eigenvalue weighted by molar-refractivity contribution is 7.07. The number of benzene rings is 2. The lowest BCUT2D eigenvalue weighted by Crippen LogP contribution is -2.35. The summed E-state index contributed by atoms with van der Waals surface area (Å²) in [5.41, 5.74) is -1.52. The summed E-state index contributed by atoms with van der Waals surface area (Å²) < 4.78 is 47.5. The zero-order valence-electron chi connectivity index (χ0n) is 16.7. The number of hydrogen-bond donors (Lipinski definition) is 1. The van der Waals surface area contributed by atoms with Gasteiger partial charge in [-0.1, -0.05) is 18.2 Å². The Bertz CT molecular complexity index is 1390. The standard InChI is InChI=1S/C22H16F3N3O3S/c1-31-9-8-27-20(29)15(12-26)22-28(18-7-6-14(23)11-17(18)25)21(30)19(32-22)10-13-4-2-3-5-16(13)24/h2-7,10-11H,8-9H2,1H3,(H,27,29)/b19-10-,22-15-. The van der Waals surface area contributed by atoms with Crippen LogP contribution in [0.5, 0.6) is 0 Å². The van der Waals surface area contributed by atoms with Gasteiger partial charge in [-0.15, -0.1) is 11.3 Å². The van der Waals surface area contributed by atoms with E-state index in [4.69, 9.17) is 4.74 Å². The van der Waals surface area contributed by atoms with Crippen LogP contribution in [0.2, 0.25) is 0 Å². The number of rotatable bonds is 6. The van der Waals surface area contributed by atoms with Crippen LogP contribution in [0.15, 0.2) is 47.3 Å². The molecule has 0 aliphatic rings. The van der Waals surface area contributed by atoms with Crippen molar-refractivity contribution in [2.24, 2.45) is 0 Å². The van der Waals surface area contributed by atoms with Crippen LogP contribution in [0.3, 0.4) is 0 Å².